The molecule has 4 rings (SSSR count). The molecule has 2 heterocycles. The van der Waals surface area contributed by atoms with Crippen LogP contribution < -0.4 is 0 Å². The quantitative estimate of drug-likeness (QED) is 0.610. The first-order valence-corrected chi connectivity index (χ1v) is 14.6. The Bertz CT molecular complexity index is 885. The summed E-state index contributed by atoms with van der Waals surface area (Å²) in [7, 11) is -2.22. The lowest BCUT2D eigenvalue weighted by atomic mass is 9.97. The van der Waals surface area contributed by atoms with Crippen molar-refractivity contribution in [1.29, 1.82) is 0 Å². The van der Waals surface area contributed by atoms with Crippen molar-refractivity contribution >= 4 is 8.32 Å². The fourth-order valence-electron chi connectivity index (χ4n) is 3.94. The van der Waals surface area contributed by atoms with Gasteiger partial charge in [-0.2, -0.15) is 0 Å². The topological polar surface area (TPSA) is 66.4 Å². The maximum Gasteiger partial charge on any atom is 0.192 e. The van der Waals surface area contributed by atoms with Gasteiger partial charge in [-0.15, -0.1) is 0 Å². The molecule has 0 radical (unpaired) electrons. The summed E-state index contributed by atoms with van der Waals surface area (Å²) in [6, 6.07) is 19.8. The molecule has 0 aromatic heterocycles. The van der Waals surface area contributed by atoms with Gasteiger partial charge in [0, 0.05) is 5.56 Å². The van der Waals surface area contributed by atoms with E-state index in [2.05, 4.69) is 33.9 Å². The van der Waals surface area contributed by atoms with E-state index in [9.17, 15) is 5.11 Å². The first-order valence-electron chi connectivity index (χ1n) is 11.6. The van der Waals surface area contributed by atoms with Crippen LogP contribution in [0, 0.1) is 0 Å². The average molecular weight is 473 g/mol. The molecule has 0 bridgehead atoms. The monoisotopic (exact) mass is 472 g/mol. The van der Waals surface area contributed by atoms with Crippen LogP contribution in [-0.2, 0) is 30.0 Å². The minimum atomic E-state index is -2.22. The summed E-state index contributed by atoms with van der Waals surface area (Å²) in [5.41, 5.74) is 1.96. The summed E-state index contributed by atoms with van der Waals surface area (Å²) in [6.45, 7) is 11.7. The normalized spacial score (nSPS) is 30.6. The Hall–Kier alpha value is -1.58. The highest BCUT2D eigenvalue weighted by atomic mass is 28.4. The Labute approximate surface area is 197 Å². The Kier molecular flexibility index (Phi) is 7.40. The van der Waals surface area contributed by atoms with Crippen molar-refractivity contribution < 1.29 is 28.5 Å². The summed E-state index contributed by atoms with van der Waals surface area (Å²) in [5.74, 6) is 0. The van der Waals surface area contributed by atoms with E-state index in [4.69, 9.17) is 23.4 Å². The van der Waals surface area contributed by atoms with Crippen LogP contribution in [0.25, 0.3) is 0 Å². The molecule has 2 aliphatic rings. The number of rotatable bonds is 6. The Morgan fingerprint density at radius 1 is 0.939 bits per heavy atom. The molecule has 2 unspecified atom stereocenters. The first-order chi connectivity index (χ1) is 15.7. The molecular formula is C26H36O6Si. The van der Waals surface area contributed by atoms with E-state index in [0.29, 0.717) is 13.2 Å². The third-order valence-corrected chi connectivity index (χ3v) is 11.4. The molecule has 0 amide bonds. The first kappa shape index (κ1) is 24.5. The second-order valence-electron chi connectivity index (χ2n) is 10.3. The van der Waals surface area contributed by atoms with E-state index >= 15 is 0 Å². The SMILES string of the molecule is CC(C)(C)[Si](C)(C)O[C@H]1[C@@H]2OC(c3ccccc3)OC[C@H]2OC(O)[C@H]1OCc1ccccc1. The minimum Gasteiger partial charge on any atom is -0.408 e. The largest absolute Gasteiger partial charge is 0.408 e. The molecule has 0 spiro atoms. The van der Waals surface area contributed by atoms with Crippen molar-refractivity contribution in [2.45, 2.75) is 82.5 Å². The van der Waals surface area contributed by atoms with E-state index in [1.807, 2.05) is 60.7 Å². The summed E-state index contributed by atoms with van der Waals surface area (Å²) in [4.78, 5) is 0. The van der Waals surface area contributed by atoms with Crippen molar-refractivity contribution in [3.05, 3.63) is 71.8 Å². The molecule has 2 fully saturated rings. The highest BCUT2D eigenvalue weighted by molar-refractivity contribution is 6.74. The maximum absolute atomic E-state index is 10.9. The van der Waals surface area contributed by atoms with Crippen LogP contribution in [0.15, 0.2) is 60.7 Å². The lowest BCUT2D eigenvalue weighted by molar-refractivity contribution is -0.358. The van der Waals surface area contributed by atoms with E-state index in [-0.39, 0.29) is 5.04 Å². The third kappa shape index (κ3) is 5.57. The number of benzene rings is 2. The van der Waals surface area contributed by atoms with Gasteiger partial charge in [0.25, 0.3) is 0 Å². The van der Waals surface area contributed by atoms with E-state index in [1.54, 1.807) is 0 Å². The van der Waals surface area contributed by atoms with E-state index in [0.717, 1.165) is 11.1 Å². The van der Waals surface area contributed by atoms with Gasteiger partial charge in [0.2, 0.25) is 0 Å². The van der Waals surface area contributed by atoms with Gasteiger partial charge in [-0.1, -0.05) is 81.4 Å². The predicted molar refractivity (Wildman–Crippen MR) is 128 cm³/mol. The van der Waals surface area contributed by atoms with Gasteiger partial charge in [-0.05, 0) is 23.7 Å². The van der Waals surface area contributed by atoms with Gasteiger partial charge < -0.3 is 28.5 Å². The number of hydrogen-bond donors (Lipinski definition) is 1. The van der Waals surface area contributed by atoms with Gasteiger partial charge in [-0.3, -0.25) is 0 Å². The van der Waals surface area contributed by atoms with Crippen molar-refractivity contribution in [3.8, 4) is 0 Å². The van der Waals surface area contributed by atoms with Crippen LogP contribution in [0.5, 0.6) is 0 Å². The number of fused-ring (bicyclic) bond motifs is 1. The molecular weight excluding hydrogens is 436 g/mol. The fraction of sp³-hybridized carbons (Fsp3) is 0.538. The molecule has 6 atom stereocenters. The molecule has 1 N–H and O–H groups in total. The highest BCUT2D eigenvalue weighted by Crippen LogP contribution is 2.42. The number of ether oxygens (including phenoxy) is 4. The zero-order valence-corrected chi connectivity index (χ0v) is 21.1. The molecule has 0 saturated carbocycles. The highest BCUT2D eigenvalue weighted by Gasteiger charge is 2.53. The molecule has 2 aliphatic heterocycles. The van der Waals surface area contributed by atoms with Gasteiger partial charge in [0.15, 0.2) is 20.9 Å². The Balaban J connectivity index is 1.60. The number of aliphatic hydroxyl groups is 1. The van der Waals surface area contributed by atoms with Crippen molar-refractivity contribution in [2.24, 2.45) is 0 Å². The molecule has 33 heavy (non-hydrogen) atoms. The summed E-state index contributed by atoms with van der Waals surface area (Å²) < 4.78 is 31.4. The van der Waals surface area contributed by atoms with Crippen molar-refractivity contribution in [3.63, 3.8) is 0 Å². The van der Waals surface area contributed by atoms with Crippen molar-refractivity contribution in [1.82, 2.24) is 0 Å². The standard InChI is InChI=1S/C26H36O6Si/c1-26(2,3)33(4,5)32-22-21-20(17-29-25(31-21)19-14-10-7-11-15-19)30-24(27)23(22)28-16-18-12-8-6-9-13-18/h6-15,20-25,27H,16-17H2,1-5H3/t20-,21-,22+,23+,24?,25?/m1/s1. The number of hydrogen-bond acceptors (Lipinski definition) is 6. The Morgan fingerprint density at radius 2 is 1.58 bits per heavy atom. The summed E-state index contributed by atoms with van der Waals surface area (Å²) in [6.07, 6.45) is -3.70. The van der Waals surface area contributed by atoms with Gasteiger partial charge in [-0.25, -0.2) is 0 Å². The van der Waals surface area contributed by atoms with Crippen LogP contribution in [0.3, 0.4) is 0 Å². The summed E-state index contributed by atoms with van der Waals surface area (Å²) >= 11 is 0. The smallest absolute Gasteiger partial charge is 0.192 e. The molecule has 2 aromatic carbocycles. The zero-order chi connectivity index (χ0) is 23.6. The predicted octanol–water partition coefficient (Wildman–Crippen LogP) is 4.79. The van der Waals surface area contributed by atoms with Crippen LogP contribution in [0.2, 0.25) is 18.1 Å². The van der Waals surface area contributed by atoms with Crippen LogP contribution in [0.4, 0.5) is 0 Å². The van der Waals surface area contributed by atoms with Gasteiger partial charge >= 0.3 is 0 Å². The van der Waals surface area contributed by atoms with E-state index in [1.165, 1.54) is 0 Å². The summed E-state index contributed by atoms with van der Waals surface area (Å²) in [5, 5.41) is 10.9. The zero-order valence-electron chi connectivity index (χ0n) is 20.1. The molecule has 2 saturated heterocycles. The van der Waals surface area contributed by atoms with Crippen molar-refractivity contribution in [2.75, 3.05) is 6.61 Å². The molecule has 180 valence electrons. The second kappa shape index (κ2) is 9.96. The fourth-order valence-corrected chi connectivity index (χ4v) is 5.24. The second-order valence-corrected chi connectivity index (χ2v) is 15.1. The van der Waals surface area contributed by atoms with E-state index < -0.39 is 45.3 Å². The number of aliphatic hydroxyl groups excluding tert-OH is 1. The Morgan fingerprint density at radius 3 is 2.21 bits per heavy atom. The minimum absolute atomic E-state index is 0.0142. The van der Waals surface area contributed by atoms with Gasteiger partial charge in [0.05, 0.1) is 13.2 Å². The third-order valence-electron chi connectivity index (χ3n) is 6.90. The molecule has 0 aliphatic carbocycles. The molecule has 2 aromatic rings. The van der Waals surface area contributed by atoms with Crippen LogP contribution >= 0.6 is 0 Å². The lowest BCUT2D eigenvalue weighted by Gasteiger charge is -2.51. The average Bonchev–Trinajstić information content (AvgIpc) is 2.79. The molecule has 6 nitrogen and oxygen atoms in total. The van der Waals surface area contributed by atoms with Gasteiger partial charge in [0.1, 0.15) is 24.4 Å². The van der Waals surface area contributed by atoms with Crippen LogP contribution in [-0.4, -0.2) is 50.7 Å². The molecule has 7 heteroatoms. The maximum atomic E-state index is 10.9. The van der Waals surface area contributed by atoms with Crippen LogP contribution in [0.1, 0.15) is 38.2 Å². The lowest BCUT2D eigenvalue weighted by Crippen LogP contribution is -2.65.